The lowest BCUT2D eigenvalue weighted by Gasteiger charge is -2.37. The molecule has 2 aliphatic heterocycles. The lowest BCUT2D eigenvalue weighted by Crippen LogP contribution is -2.50. The van der Waals surface area contributed by atoms with Gasteiger partial charge in [-0.05, 0) is 62.4 Å². The number of hydrogen-bond acceptors (Lipinski definition) is 8. The van der Waals surface area contributed by atoms with Crippen LogP contribution in [0, 0.1) is 11.6 Å². The normalized spacial score (nSPS) is 16.4. The lowest BCUT2D eigenvalue weighted by atomic mass is 10.0. The molecule has 2 fully saturated rings. The molecule has 10 nitrogen and oxygen atoms in total. The Labute approximate surface area is 270 Å². The maximum Gasteiger partial charge on any atom is 0.471 e. The van der Waals surface area contributed by atoms with Gasteiger partial charge in [-0.2, -0.15) is 18.3 Å². The number of likely N-dealkylation sites (N-methyl/N-ethyl adjacent to an activating group) is 1. The third-order valence-electron chi connectivity index (χ3n) is 8.11. The van der Waals surface area contributed by atoms with E-state index >= 15 is 0 Å². The number of nitrogens with zero attached hydrogens (tertiary/aromatic N) is 5. The minimum atomic E-state index is -5.19. The number of anilines is 3. The molecule has 2 saturated heterocycles. The summed E-state index contributed by atoms with van der Waals surface area (Å²) in [6.45, 7) is 3.06. The van der Waals surface area contributed by atoms with E-state index in [9.17, 15) is 31.5 Å². The number of pyridine rings is 1. The average molecular weight is 676 g/mol. The minimum absolute atomic E-state index is 0.121. The van der Waals surface area contributed by atoms with Crippen LogP contribution < -0.4 is 15.1 Å². The number of carbonyl (C=O) groups excluding carboxylic acids is 2. The Morgan fingerprint density at radius 3 is 2.47 bits per heavy atom. The summed E-state index contributed by atoms with van der Waals surface area (Å²) in [7, 11) is 1.98. The number of alkyl halides is 3. The SMILES string of the molecule is CN1CCN(c2ccc(C(=O)Nc3[nH]nc4nc(Sc5ccc(F)cc5F)ccc34)c(N(C(=O)C(F)(F)F)C3CCOCC3)c2)CC1. The highest BCUT2D eigenvalue weighted by Gasteiger charge is 2.46. The van der Waals surface area contributed by atoms with Crippen LogP contribution >= 0.6 is 11.8 Å². The first-order valence-corrected chi connectivity index (χ1v) is 15.6. The highest BCUT2D eigenvalue weighted by atomic mass is 32.2. The van der Waals surface area contributed by atoms with Crippen LogP contribution in [-0.4, -0.2) is 90.6 Å². The Hall–Kier alpha value is -4.28. The van der Waals surface area contributed by atoms with Crippen LogP contribution in [0.2, 0.25) is 0 Å². The summed E-state index contributed by atoms with van der Waals surface area (Å²) in [5.41, 5.74) is 0.474. The number of ether oxygens (including phenoxy) is 1. The predicted octanol–water partition coefficient (Wildman–Crippen LogP) is 5.47. The number of H-pyrrole nitrogens is 1. The molecule has 16 heteroatoms. The monoisotopic (exact) mass is 675 g/mol. The molecule has 248 valence electrons. The molecule has 4 aromatic rings. The number of amides is 2. The van der Waals surface area contributed by atoms with Crippen molar-refractivity contribution in [1.29, 1.82) is 0 Å². The summed E-state index contributed by atoms with van der Waals surface area (Å²) < 4.78 is 75.0. The van der Waals surface area contributed by atoms with Gasteiger partial charge in [-0.25, -0.2) is 13.8 Å². The number of benzene rings is 2. The van der Waals surface area contributed by atoms with Crippen molar-refractivity contribution in [2.75, 3.05) is 61.6 Å². The molecule has 0 unspecified atom stereocenters. The van der Waals surface area contributed by atoms with E-state index in [0.29, 0.717) is 34.1 Å². The van der Waals surface area contributed by atoms with Crippen LogP contribution in [0.3, 0.4) is 0 Å². The van der Waals surface area contributed by atoms with Gasteiger partial charge in [-0.15, -0.1) is 0 Å². The molecule has 4 heterocycles. The van der Waals surface area contributed by atoms with E-state index in [1.165, 1.54) is 18.2 Å². The number of carbonyl (C=O) groups is 2. The van der Waals surface area contributed by atoms with Gasteiger partial charge in [0, 0.05) is 62.1 Å². The number of hydrogen-bond donors (Lipinski definition) is 2. The fraction of sp³-hybridized carbons (Fsp3) is 0.355. The number of piperazine rings is 1. The Bertz CT molecular complexity index is 1790. The molecular weight excluding hydrogens is 645 g/mol. The largest absolute Gasteiger partial charge is 0.471 e. The van der Waals surface area contributed by atoms with E-state index in [2.05, 4.69) is 25.4 Å². The second kappa shape index (κ2) is 13.4. The molecule has 2 aromatic heterocycles. The molecule has 2 aromatic carbocycles. The molecule has 0 bridgehead atoms. The quantitative estimate of drug-likeness (QED) is 0.249. The van der Waals surface area contributed by atoms with Gasteiger partial charge < -0.3 is 24.8 Å². The van der Waals surface area contributed by atoms with Gasteiger partial charge in [0.1, 0.15) is 22.5 Å². The fourth-order valence-electron chi connectivity index (χ4n) is 5.61. The van der Waals surface area contributed by atoms with Crippen molar-refractivity contribution in [3.05, 3.63) is 65.7 Å². The number of aromatic amines is 1. The molecule has 0 saturated carbocycles. The van der Waals surface area contributed by atoms with Gasteiger partial charge in [-0.1, -0.05) is 11.8 Å². The fourth-order valence-corrected chi connectivity index (χ4v) is 6.39. The number of halogens is 5. The Kier molecular flexibility index (Phi) is 9.34. The molecule has 0 atom stereocenters. The van der Waals surface area contributed by atoms with Crippen molar-refractivity contribution in [3.8, 4) is 0 Å². The Morgan fingerprint density at radius 1 is 1.02 bits per heavy atom. The molecule has 2 aliphatic rings. The van der Waals surface area contributed by atoms with Crippen LogP contribution in [0.4, 0.5) is 39.1 Å². The Morgan fingerprint density at radius 2 is 1.77 bits per heavy atom. The summed E-state index contributed by atoms with van der Waals surface area (Å²) in [5, 5.41) is 10.2. The highest BCUT2D eigenvalue weighted by molar-refractivity contribution is 7.99. The first-order valence-electron chi connectivity index (χ1n) is 14.8. The van der Waals surface area contributed by atoms with Crippen molar-refractivity contribution < 1.29 is 36.3 Å². The van der Waals surface area contributed by atoms with E-state index in [4.69, 9.17) is 4.74 Å². The van der Waals surface area contributed by atoms with Gasteiger partial charge in [0.15, 0.2) is 5.65 Å². The molecule has 0 aliphatic carbocycles. The van der Waals surface area contributed by atoms with Gasteiger partial charge >= 0.3 is 12.1 Å². The molecular formula is C31H30F5N7O3S. The van der Waals surface area contributed by atoms with Crippen molar-refractivity contribution in [1.82, 2.24) is 20.1 Å². The van der Waals surface area contributed by atoms with Crippen LogP contribution in [0.5, 0.6) is 0 Å². The second-order valence-electron chi connectivity index (χ2n) is 11.3. The maximum atomic E-state index is 14.2. The lowest BCUT2D eigenvalue weighted by molar-refractivity contribution is -0.171. The van der Waals surface area contributed by atoms with Crippen LogP contribution in [0.15, 0.2) is 58.5 Å². The average Bonchev–Trinajstić information content (AvgIpc) is 3.44. The van der Waals surface area contributed by atoms with Gasteiger partial charge in [0.05, 0.1) is 16.6 Å². The zero-order valence-corrected chi connectivity index (χ0v) is 25.9. The topological polar surface area (TPSA) is 107 Å². The van der Waals surface area contributed by atoms with Crippen LogP contribution in [-0.2, 0) is 9.53 Å². The first kappa shape index (κ1) is 32.7. The standard InChI is InChI=1S/C31H30F5N7O3S/c1-41-10-12-42(13-11-41)20-3-4-21(24(17-20)43(30(45)31(34,35)36)19-8-14-46-15-9-19)29(44)38-28-22-5-7-26(37-27(22)39-40-28)47-25-6-2-18(32)16-23(25)33/h2-7,16-17,19H,8-15H2,1H3,(H2,37,38,39,40,44). The van der Waals surface area contributed by atoms with Gasteiger partial charge in [0.25, 0.3) is 5.91 Å². The summed E-state index contributed by atoms with van der Waals surface area (Å²) in [5.74, 6) is -4.17. The number of fused-ring (bicyclic) bond motifs is 1. The van der Waals surface area contributed by atoms with Crippen molar-refractivity contribution in [2.24, 2.45) is 0 Å². The zero-order valence-electron chi connectivity index (χ0n) is 25.1. The van der Waals surface area contributed by atoms with Gasteiger partial charge in [-0.3, -0.25) is 14.7 Å². The highest BCUT2D eigenvalue weighted by Crippen LogP contribution is 2.36. The van der Waals surface area contributed by atoms with Crippen LogP contribution in [0.25, 0.3) is 11.0 Å². The predicted molar refractivity (Wildman–Crippen MR) is 166 cm³/mol. The van der Waals surface area contributed by atoms with E-state index < -0.39 is 35.7 Å². The Balaban J connectivity index is 1.33. The molecule has 2 amide bonds. The summed E-state index contributed by atoms with van der Waals surface area (Å²) >= 11 is 0.955. The smallest absolute Gasteiger partial charge is 0.381 e. The van der Waals surface area contributed by atoms with Gasteiger partial charge in [0.2, 0.25) is 0 Å². The van der Waals surface area contributed by atoms with E-state index in [0.717, 1.165) is 37.0 Å². The molecule has 0 spiro atoms. The third kappa shape index (κ3) is 7.18. The van der Waals surface area contributed by atoms with E-state index in [1.54, 1.807) is 18.2 Å². The van der Waals surface area contributed by atoms with Crippen LogP contribution in [0.1, 0.15) is 23.2 Å². The summed E-state index contributed by atoms with van der Waals surface area (Å²) in [6, 6.07) is 10.1. The zero-order chi connectivity index (χ0) is 33.3. The summed E-state index contributed by atoms with van der Waals surface area (Å²) in [6.07, 6.45) is -4.85. The molecule has 0 radical (unpaired) electrons. The maximum absolute atomic E-state index is 14.2. The van der Waals surface area contributed by atoms with Crippen molar-refractivity contribution >= 4 is 51.8 Å². The van der Waals surface area contributed by atoms with Crippen molar-refractivity contribution in [2.45, 2.75) is 35.0 Å². The number of nitrogens with one attached hydrogen (secondary N) is 2. The number of rotatable bonds is 7. The second-order valence-corrected chi connectivity index (χ2v) is 12.3. The van der Waals surface area contributed by atoms with E-state index in [1.807, 2.05) is 11.9 Å². The minimum Gasteiger partial charge on any atom is -0.381 e. The van der Waals surface area contributed by atoms with E-state index in [-0.39, 0.29) is 53.7 Å². The first-order chi connectivity index (χ1) is 22.5. The van der Waals surface area contributed by atoms with Crippen molar-refractivity contribution in [3.63, 3.8) is 0 Å². The molecule has 2 N–H and O–H groups in total. The number of aromatic nitrogens is 3. The molecule has 47 heavy (non-hydrogen) atoms. The third-order valence-corrected chi connectivity index (χ3v) is 9.10. The molecule has 6 rings (SSSR count). The summed E-state index contributed by atoms with van der Waals surface area (Å²) in [4.78, 5) is 36.2.